The second-order valence-corrected chi connectivity index (χ2v) is 5.72. The molecule has 8 nitrogen and oxygen atoms in total. The van der Waals surface area contributed by atoms with Crippen LogP contribution in [0.1, 0.15) is 32.0 Å². The smallest absolute Gasteiger partial charge is 0.274 e. The third kappa shape index (κ3) is 3.60. The SMILES string of the molecule is CC(C)(C)c1nnc(N/N=C/c2ccc(O)c(O)c2)[nH]c1=O. The van der Waals surface area contributed by atoms with Gasteiger partial charge in [-0.25, -0.2) is 5.43 Å². The van der Waals surface area contributed by atoms with Crippen molar-refractivity contribution in [3.8, 4) is 11.5 Å². The maximum atomic E-state index is 11.9. The number of aromatic nitrogens is 3. The van der Waals surface area contributed by atoms with Gasteiger partial charge in [0.15, 0.2) is 11.5 Å². The number of hydrogen-bond donors (Lipinski definition) is 4. The molecule has 0 aliphatic rings. The lowest BCUT2D eigenvalue weighted by molar-refractivity contribution is 0.403. The largest absolute Gasteiger partial charge is 0.504 e. The molecule has 1 aromatic carbocycles. The summed E-state index contributed by atoms with van der Waals surface area (Å²) in [5.41, 5.74) is 2.71. The summed E-state index contributed by atoms with van der Waals surface area (Å²) < 4.78 is 0. The molecular formula is C14H17N5O3. The van der Waals surface area contributed by atoms with Gasteiger partial charge in [0.05, 0.1) is 6.21 Å². The summed E-state index contributed by atoms with van der Waals surface area (Å²) in [6.45, 7) is 5.61. The van der Waals surface area contributed by atoms with Crippen LogP contribution in [0.3, 0.4) is 0 Å². The molecule has 0 saturated heterocycles. The van der Waals surface area contributed by atoms with Crippen molar-refractivity contribution in [2.75, 3.05) is 5.43 Å². The van der Waals surface area contributed by atoms with Crippen LogP contribution in [0.25, 0.3) is 0 Å². The number of phenols is 2. The van der Waals surface area contributed by atoms with Gasteiger partial charge in [-0.15, -0.1) is 10.2 Å². The monoisotopic (exact) mass is 303 g/mol. The molecule has 1 heterocycles. The molecule has 0 unspecified atom stereocenters. The fourth-order valence-corrected chi connectivity index (χ4v) is 1.67. The molecule has 116 valence electrons. The van der Waals surface area contributed by atoms with E-state index in [2.05, 4.69) is 25.7 Å². The minimum absolute atomic E-state index is 0.109. The Morgan fingerprint density at radius 2 is 1.95 bits per heavy atom. The highest BCUT2D eigenvalue weighted by Crippen LogP contribution is 2.24. The van der Waals surface area contributed by atoms with Crippen LogP contribution in [0.4, 0.5) is 5.95 Å². The summed E-state index contributed by atoms with van der Waals surface area (Å²) in [6, 6.07) is 4.26. The fourth-order valence-electron chi connectivity index (χ4n) is 1.67. The fraction of sp³-hybridized carbons (Fsp3) is 0.286. The van der Waals surface area contributed by atoms with E-state index in [1.54, 1.807) is 6.07 Å². The average Bonchev–Trinajstić information content (AvgIpc) is 2.41. The Balaban J connectivity index is 2.11. The second-order valence-electron chi connectivity index (χ2n) is 5.72. The average molecular weight is 303 g/mol. The van der Waals surface area contributed by atoms with Gasteiger partial charge >= 0.3 is 0 Å². The number of benzene rings is 1. The van der Waals surface area contributed by atoms with Crippen molar-refractivity contribution in [2.45, 2.75) is 26.2 Å². The zero-order valence-electron chi connectivity index (χ0n) is 12.5. The van der Waals surface area contributed by atoms with E-state index in [4.69, 9.17) is 0 Å². The van der Waals surface area contributed by atoms with Crippen molar-refractivity contribution in [3.63, 3.8) is 0 Å². The van der Waals surface area contributed by atoms with Crippen molar-refractivity contribution >= 4 is 12.2 Å². The Morgan fingerprint density at radius 1 is 1.23 bits per heavy atom. The number of anilines is 1. The van der Waals surface area contributed by atoms with Crippen LogP contribution < -0.4 is 11.0 Å². The summed E-state index contributed by atoms with van der Waals surface area (Å²) >= 11 is 0. The van der Waals surface area contributed by atoms with E-state index in [0.29, 0.717) is 11.3 Å². The maximum absolute atomic E-state index is 11.9. The van der Waals surface area contributed by atoms with E-state index < -0.39 is 5.41 Å². The molecule has 4 N–H and O–H groups in total. The number of phenolic OH excluding ortho intramolecular Hbond substituents is 2. The van der Waals surface area contributed by atoms with Crippen molar-refractivity contribution in [2.24, 2.45) is 5.10 Å². The molecule has 8 heteroatoms. The zero-order chi connectivity index (χ0) is 16.3. The molecule has 0 fully saturated rings. The lowest BCUT2D eigenvalue weighted by atomic mass is 9.93. The van der Waals surface area contributed by atoms with E-state index in [1.165, 1.54) is 18.3 Å². The van der Waals surface area contributed by atoms with E-state index >= 15 is 0 Å². The molecule has 0 bridgehead atoms. The van der Waals surface area contributed by atoms with Crippen LogP contribution in [-0.4, -0.2) is 31.6 Å². The molecular weight excluding hydrogens is 286 g/mol. The van der Waals surface area contributed by atoms with Gasteiger partial charge in [0, 0.05) is 5.41 Å². The highest BCUT2D eigenvalue weighted by molar-refractivity contribution is 5.81. The molecule has 0 amide bonds. The maximum Gasteiger partial charge on any atom is 0.274 e. The van der Waals surface area contributed by atoms with Crippen LogP contribution in [0.2, 0.25) is 0 Å². The molecule has 22 heavy (non-hydrogen) atoms. The number of hydrogen-bond acceptors (Lipinski definition) is 7. The number of rotatable bonds is 3. The van der Waals surface area contributed by atoms with Gasteiger partial charge in [-0.1, -0.05) is 20.8 Å². The standard InChI is InChI=1S/C14H17N5O3/c1-14(2,3)11-12(22)16-13(19-17-11)18-15-7-8-4-5-9(20)10(21)6-8/h4-7,20-21H,1-3H3,(H2,16,18,19,22)/b15-7+. The Labute approximate surface area is 126 Å². The van der Waals surface area contributed by atoms with Gasteiger partial charge in [0.25, 0.3) is 5.56 Å². The first-order chi connectivity index (χ1) is 10.3. The Bertz CT molecular complexity index is 762. The molecule has 0 aliphatic carbocycles. The van der Waals surface area contributed by atoms with Crippen LogP contribution in [0.5, 0.6) is 11.5 Å². The number of nitrogens with zero attached hydrogens (tertiary/aromatic N) is 3. The van der Waals surface area contributed by atoms with E-state index in [-0.39, 0.29) is 23.0 Å². The van der Waals surface area contributed by atoms with Crippen LogP contribution in [-0.2, 0) is 5.41 Å². The number of hydrazone groups is 1. The minimum atomic E-state index is -0.397. The van der Waals surface area contributed by atoms with E-state index in [0.717, 1.165) is 0 Å². The van der Waals surface area contributed by atoms with E-state index in [9.17, 15) is 15.0 Å². The summed E-state index contributed by atoms with van der Waals surface area (Å²) in [5.74, 6) is -0.345. The van der Waals surface area contributed by atoms with Gasteiger partial charge in [0.1, 0.15) is 5.69 Å². The predicted octanol–water partition coefficient (Wildman–Crippen LogP) is 1.32. The van der Waals surface area contributed by atoms with Crippen molar-refractivity contribution in [1.29, 1.82) is 0 Å². The van der Waals surface area contributed by atoms with Gasteiger partial charge in [-0.3, -0.25) is 9.78 Å². The molecule has 1 aromatic heterocycles. The van der Waals surface area contributed by atoms with Gasteiger partial charge in [-0.2, -0.15) is 5.10 Å². The highest BCUT2D eigenvalue weighted by atomic mass is 16.3. The predicted molar refractivity (Wildman–Crippen MR) is 82.3 cm³/mol. The topological polar surface area (TPSA) is 123 Å². The van der Waals surface area contributed by atoms with Crippen molar-refractivity contribution < 1.29 is 10.2 Å². The lowest BCUT2D eigenvalue weighted by Crippen LogP contribution is -2.28. The lowest BCUT2D eigenvalue weighted by Gasteiger charge is -2.15. The number of aromatic hydroxyl groups is 2. The van der Waals surface area contributed by atoms with Crippen molar-refractivity contribution in [1.82, 2.24) is 15.2 Å². The van der Waals surface area contributed by atoms with Gasteiger partial charge in [-0.05, 0) is 23.8 Å². The first kappa shape index (κ1) is 15.5. The molecule has 0 radical (unpaired) electrons. The summed E-state index contributed by atoms with van der Waals surface area (Å²) in [4.78, 5) is 14.4. The summed E-state index contributed by atoms with van der Waals surface area (Å²) in [6.07, 6.45) is 1.40. The molecule has 2 aromatic rings. The normalized spacial score (nSPS) is 11.8. The number of aromatic amines is 1. The van der Waals surface area contributed by atoms with Gasteiger partial charge < -0.3 is 10.2 Å². The Hall–Kier alpha value is -2.90. The first-order valence-corrected chi connectivity index (χ1v) is 6.56. The molecule has 2 rings (SSSR count). The summed E-state index contributed by atoms with van der Waals surface area (Å²) in [5, 5.41) is 30.2. The minimum Gasteiger partial charge on any atom is -0.504 e. The summed E-state index contributed by atoms with van der Waals surface area (Å²) in [7, 11) is 0. The molecule has 0 aliphatic heterocycles. The Morgan fingerprint density at radius 3 is 2.55 bits per heavy atom. The highest BCUT2D eigenvalue weighted by Gasteiger charge is 2.20. The van der Waals surface area contributed by atoms with Crippen molar-refractivity contribution in [3.05, 3.63) is 39.8 Å². The molecule has 0 atom stereocenters. The molecule has 0 spiro atoms. The molecule has 0 saturated carbocycles. The zero-order valence-corrected chi connectivity index (χ0v) is 12.5. The van der Waals surface area contributed by atoms with Crippen LogP contribution in [0, 0.1) is 0 Å². The van der Waals surface area contributed by atoms with E-state index in [1.807, 2.05) is 20.8 Å². The third-order valence-electron chi connectivity index (χ3n) is 2.79. The second kappa shape index (κ2) is 5.84. The third-order valence-corrected chi connectivity index (χ3v) is 2.79. The quantitative estimate of drug-likeness (QED) is 0.385. The van der Waals surface area contributed by atoms with Crippen LogP contribution in [0.15, 0.2) is 28.1 Å². The number of H-pyrrole nitrogens is 1. The number of nitrogens with one attached hydrogen (secondary N) is 2. The first-order valence-electron chi connectivity index (χ1n) is 6.56. The van der Waals surface area contributed by atoms with Gasteiger partial charge in [0.2, 0.25) is 5.95 Å². The Kier molecular flexibility index (Phi) is 4.11. The van der Waals surface area contributed by atoms with Crippen LogP contribution >= 0.6 is 0 Å².